The molecule has 4 aromatic rings. The minimum absolute atomic E-state index is 0.160. The van der Waals surface area contributed by atoms with E-state index in [1.54, 1.807) is 21.1 Å². The highest BCUT2D eigenvalue weighted by Gasteiger charge is 2.46. The maximum absolute atomic E-state index is 14.2. The van der Waals surface area contributed by atoms with E-state index in [2.05, 4.69) is 11.9 Å². The van der Waals surface area contributed by atoms with Crippen LogP contribution in [0.1, 0.15) is 52.4 Å². The Hall–Kier alpha value is -5.00. The number of halogens is 1. The number of ether oxygens (including phenoxy) is 6. The SMILES string of the molecule is COc1ccc2cc1Oc1ccc(cc1)CC1c3cc(c(OC)cc3CC[N+]1(C)C(C)C(=O)O)Oc1c(OCF)c(OC)cc3c1C(C2)N(C)CC3. The average Bonchev–Trinajstić information content (AvgIpc) is 3.14. The van der Waals surface area contributed by atoms with Gasteiger partial charge < -0.3 is 38.0 Å². The lowest BCUT2D eigenvalue weighted by atomic mass is 9.85. The molecule has 0 spiro atoms. The van der Waals surface area contributed by atoms with Crippen molar-refractivity contribution >= 4 is 5.97 Å². The Bertz CT molecular complexity index is 1990. The smallest absolute Gasteiger partial charge is 0.362 e. The quantitative estimate of drug-likeness (QED) is 0.196. The van der Waals surface area contributed by atoms with Crippen LogP contribution in [0.25, 0.3) is 0 Å². The lowest BCUT2D eigenvalue weighted by molar-refractivity contribution is -0.954. The molecule has 11 heteroatoms. The van der Waals surface area contributed by atoms with E-state index in [1.807, 2.05) is 67.7 Å². The molecule has 0 fully saturated rings. The Morgan fingerprint density at radius 2 is 1.60 bits per heavy atom. The van der Waals surface area contributed by atoms with Gasteiger partial charge in [0.05, 0.1) is 34.9 Å². The summed E-state index contributed by atoms with van der Waals surface area (Å²) in [7, 11) is 8.84. The fourth-order valence-corrected chi connectivity index (χ4v) is 8.19. The average molecular weight is 714 g/mol. The first-order valence-electron chi connectivity index (χ1n) is 17.6. The maximum Gasteiger partial charge on any atom is 0.362 e. The number of quaternary nitrogens is 1. The zero-order chi connectivity index (χ0) is 36.7. The predicted molar refractivity (Wildman–Crippen MR) is 193 cm³/mol. The topological polar surface area (TPSA) is 95.9 Å². The number of rotatable bonds is 7. The van der Waals surface area contributed by atoms with Crippen molar-refractivity contribution in [3.8, 4) is 46.0 Å². The summed E-state index contributed by atoms with van der Waals surface area (Å²) in [6.45, 7) is 2.09. The molecule has 1 N–H and O–H groups in total. The number of carbonyl (C=O) groups is 1. The van der Waals surface area contributed by atoms with Gasteiger partial charge in [-0.1, -0.05) is 18.2 Å². The number of benzene rings is 4. The van der Waals surface area contributed by atoms with Crippen LogP contribution in [-0.4, -0.2) is 81.9 Å². The second-order valence-corrected chi connectivity index (χ2v) is 14.1. The van der Waals surface area contributed by atoms with E-state index in [9.17, 15) is 14.3 Å². The number of nitrogens with zero attached hydrogens (tertiary/aromatic N) is 2. The van der Waals surface area contributed by atoms with Gasteiger partial charge in [0.1, 0.15) is 11.8 Å². The Morgan fingerprint density at radius 3 is 2.29 bits per heavy atom. The molecule has 0 amide bonds. The normalized spacial score (nSPS) is 21.4. The number of hydrogen-bond donors (Lipinski definition) is 1. The fourth-order valence-electron chi connectivity index (χ4n) is 8.19. The van der Waals surface area contributed by atoms with Crippen LogP contribution in [0.15, 0.2) is 60.7 Å². The summed E-state index contributed by atoms with van der Waals surface area (Å²) in [6.07, 6.45) is 2.50. The van der Waals surface area contributed by atoms with E-state index in [-0.39, 0.29) is 22.3 Å². The first kappa shape index (κ1) is 35.4. The molecule has 0 radical (unpaired) electrons. The first-order valence-corrected chi connectivity index (χ1v) is 17.6. The maximum atomic E-state index is 14.2. The van der Waals surface area contributed by atoms with E-state index >= 15 is 0 Å². The largest absolute Gasteiger partial charge is 0.493 e. The van der Waals surface area contributed by atoms with Gasteiger partial charge in [0.15, 0.2) is 40.5 Å². The van der Waals surface area contributed by atoms with Crippen molar-refractivity contribution in [2.45, 2.75) is 50.7 Å². The highest BCUT2D eigenvalue weighted by atomic mass is 19.1. The summed E-state index contributed by atoms with van der Waals surface area (Å²) in [6, 6.07) is 18.6. The van der Waals surface area contributed by atoms with E-state index in [1.165, 1.54) is 7.11 Å². The van der Waals surface area contributed by atoms with E-state index < -0.39 is 18.9 Å². The van der Waals surface area contributed by atoms with Gasteiger partial charge >= 0.3 is 5.97 Å². The molecule has 10 nitrogen and oxygen atoms in total. The molecule has 0 aliphatic carbocycles. The van der Waals surface area contributed by atoms with Gasteiger partial charge in [0.25, 0.3) is 0 Å². The van der Waals surface area contributed by atoms with E-state index in [4.69, 9.17) is 28.4 Å². The fraction of sp³-hybridized carbons (Fsp3) is 0.390. The van der Waals surface area contributed by atoms with Gasteiger partial charge in [-0.05, 0) is 91.5 Å². The second kappa shape index (κ2) is 14.2. The molecule has 4 aliphatic rings. The number of likely N-dealkylation sites (N-methyl/N-ethyl adjacent to an activating group) is 2. The predicted octanol–water partition coefficient (Wildman–Crippen LogP) is 7.45. The molecule has 4 aliphatic heterocycles. The third-order valence-corrected chi connectivity index (χ3v) is 11.4. The molecule has 6 bridgehead atoms. The first-order chi connectivity index (χ1) is 25.1. The molecule has 4 unspecified atom stereocenters. The minimum Gasteiger partial charge on any atom is -0.493 e. The highest BCUT2D eigenvalue weighted by Crippen LogP contribution is 2.52. The van der Waals surface area contributed by atoms with Gasteiger partial charge in [0, 0.05) is 36.6 Å². The van der Waals surface area contributed by atoms with Crippen molar-refractivity contribution in [1.82, 2.24) is 4.90 Å². The van der Waals surface area contributed by atoms with Crippen molar-refractivity contribution < 1.29 is 47.2 Å². The van der Waals surface area contributed by atoms with Gasteiger partial charge in [-0.15, -0.1) is 0 Å². The third-order valence-electron chi connectivity index (χ3n) is 11.4. The Morgan fingerprint density at radius 1 is 0.904 bits per heavy atom. The van der Waals surface area contributed by atoms with Gasteiger partial charge in [-0.2, -0.15) is 0 Å². The molecular formula is C41H46FN2O8+. The van der Waals surface area contributed by atoms with Crippen LogP contribution < -0.4 is 28.4 Å². The number of carboxylic acids is 1. The minimum atomic E-state index is -1.09. The van der Waals surface area contributed by atoms with Crippen molar-refractivity contribution in [2.24, 2.45) is 0 Å². The second-order valence-electron chi connectivity index (χ2n) is 14.1. The van der Waals surface area contributed by atoms with E-state index in [0.717, 1.165) is 39.9 Å². The summed E-state index contributed by atoms with van der Waals surface area (Å²) >= 11 is 0. The van der Waals surface area contributed by atoms with Gasteiger partial charge in [-0.3, -0.25) is 4.90 Å². The van der Waals surface area contributed by atoms with Crippen LogP contribution in [0.4, 0.5) is 4.39 Å². The summed E-state index contributed by atoms with van der Waals surface area (Å²) in [5.41, 5.74) is 5.94. The van der Waals surface area contributed by atoms with E-state index in [0.29, 0.717) is 72.5 Å². The molecule has 274 valence electrons. The molecule has 8 rings (SSSR count). The number of methoxy groups -OCH3 is 3. The molecule has 0 aromatic heterocycles. The molecule has 0 saturated carbocycles. The Labute approximate surface area is 303 Å². The number of fused-ring (bicyclic) bond motifs is 2. The van der Waals surface area contributed by atoms with Crippen LogP contribution in [0.2, 0.25) is 0 Å². The number of alkyl halides is 1. The lowest BCUT2D eigenvalue weighted by Gasteiger charge is -2.48. The van der Waals surface area contributed by atoms with Crippen molar-refractivity contribution in [1.29, 1.82) is 0 Å². The summed E-state index contributed by atoms with van der Waals surface area (Å²) in [5, 5.41) is 10.3. The summed E-state index contributed by atoms with van der Waals surface area (Å²) in [5.74, 6) is 2.79. The molecule has 4 aromatic carbocycles. The number of hydrogen-bond acceptors (Lipinski definition) is 8. The molecular weight excluding hydrogens is 667 g/mol. The summed E-state index contributed by atoms with van der Waals surface area (Å²) in [4.78, 5) is 14.9. The third kappa shape index (κ3) is 6.26. The van der Waals surface area contributed by atoms with Gasteiger partial charge in [0.2, 0.25) is 12.6 Å². The van der Waals surface area contributed by atoms with Crippen LogP contribution >= 0.6 is 0 Å². The van der Waals surface area contributed by atoms with Crippen LogP contribution in [0.3, 0.4) is 0 Å². The van der Waals surface area contributed by atoms with Crippen LogP contribution in [-0.2, 0) is 30.5 Å². The van der Waals surface area contributed by atoms with Crippen LogP contribution in [0.5, 0.6) is 46.0 Å². The highest BCUT2D eigenvalue weighted by molar-refractivity contribution is 5.71. The number of aliphatic carboxylic acids is 1. The van der Waals surface area contributed by atoms with Crippen molar-refractivity contribution in [3.05, 3.63) is 94.0 Å². The zero-order valence-electron chi connectivity index (χ0n) is 30.5. The monoisotopic (exact) mass is 713 g/mol. The molecule has 0 saturated heterocycles. The summed E-state index contributed by atoms with van der Waals surface area (Å²) < 4.78 is 51.0. The molecule has 4 heterocycles. The van der Waals surface area contributed by atoms with Crippen molar-refractivity contribution in [3.63, 3.8) is 0 Å². The number of carboxylic acid groups (broad SMARTS) is 1. The van der Waals surface area contributed by atoms with Crippen LogP contribution in [0, 0.1) is 0 Å². The lowest BCUT2D eigenvalue weighted by Crippen LogP contribution is -2.59. The Balaban J connectivity index is 1.50. The van der Waals surface area contributed by atoms with Gasteiger partial charge in [-0.25, -0.2) is 9.18 Å². The molecule has 52 heavy (non-hydrogen) atoms. The molecule has 4 atom stereocenters. The Kier molecular flexibility index (Phi) is 9.67. The standard InChI is InChI=1S/C41H45FN2O8/c1-24(41(45)46)44(3)16-14-27-20-34(48-5)36-22-30(27)32(44)18-25-7-10-29(11-8-25)51-35-19-26(9-12-33(35)47-4)17-31-38-28(13-15-43(31)2)21-37(49-6)39(50-23-42)40(38)52-36/h7-12,19-22,24,31-32H,13-18,23H2,1-6H3/p+1. The van der Waals surface area contributed by atoms with Crippen molar-refractivity contribution in [2.75, 3.05) is 55.4 Å². The zero-order valence-corrected chi connectivity index (χ0v) is 30.5.